The fourth-order valence-electron chi connectivity index (χ4n) is 2.60. The summed E-state index contributed by atoms with van der Waals surface area (Å²) in [6.45, 7) is 1.41. The van der Waals surface area contributed by atoms with E-state index in [-0.39, 0.29) is 17.8 Å². The Balaban J connectivity index is 2.19. The molecule has 1 aliphatic heterocycles. The fraction of sp³-hybridized carbons (Fsp3) is 0.533. The molecule has 1 aromatic rings. The summed E-state index contributed by atoms with van der Waals surface area (Å²) in [6, 6.07) is 3.14. The minimum absolute atomic E-state index is 0.121. The van der Waals surface area contributed by atoms with Crippen LogP contribution in [0.25, 0.3) is 0 Å². The van der Waals surface area contributed by atoms with Crippen LogP contribution in [0.5, 0.6) is 5.75 Å². The van der Waals surface area contributed by atoms with Crippen molar-refractivity contribution >= 4 is 5.91 Å². The van der Waals surface area contributed by atoms with Crippen LogP contribution in [0.1, 0.15) is 34.3 Å². The fourth-order valence-corrected chi connectivity index (χ4v) is 2.60. The number of piperidine rings is 1. The molecule has 4 nitrogen and oxygen atoms in total. The monoisotopic (exact) mass is 299 g/mol. The van der Waals surface area contributed by atoms with Crippen molar-refractivity contribution in [3.8, 4) is 5.75 Å². The number of aliphatic hydroxyl groups is 1. The van der Waals surface area contributed by atoms with Crippen molar-refractivity contribution in [2.45, 2.75) is 39.4 Å². The van der Waals surface area contributed by atoms with Crippen LogP contribution in [0.3, 0.4) is 0 Å². The van der Waals surface area contributed by atoms with E-state index in [0.717, 1.165) is 0 Å². The molecule has 1 amide bonds. The average Bonchev–Trinajstić information content (AvgIpc) is 2.42. The van der Waals surface area contributed by atoms with Gasteiger partial charge in [-0.3, -0.25) is 4.79 Å². The zero-order chi connectivity index (χ0) is 15.6. The number of hydrogen-bond acceptors (Lipinski definition) is 3. The summed E-state index contributed by atoms with van der Waals surface area (Å²) in [6.07, 6.45) is 0.784. The maximum Gasteiger partial charge on any atom is 0.387 e. The lowest BCUT2D eigenvalue weighted by molar-refractivity contribution is -0.0507. The van der Waals surface area contributed by atoms with Crippen LogP contribution in [0.2, 0.25) is 0 Å². The highest BCUT2D eigenvalue weighted by atomic mass is 19.3. The lowest BCUT2D eigenvalue weighted by Crippen LogP contribution is -2.40. The number of aryl methyl sites for hydroxylation is 2. The SMILES string of the molecule is Cc1cc(C(=O)N2CCC(O)CC2)cc(C)c1OC(F)F. The molecular formula is C15H19F2NO3. The highest BCUT2D eigenvalue weighted by Crippen LogP contribution is 2.27. The summed E-state index contributed by atoms with van der Waals surface area (Å²) in [5.74, 6) is -0.0210. The molecule has 0 radical (unpaired) electrons. The second-order valence-corrected chi connectivity index (χ2v) is 5.34. The van der Waals surface area contributed by atoms with Gasteiger partial charge in [-0.2, -0.15) is 8.78 Å². The number of rotatable bonds is 3. The molecular weight excluding hydrogens is 280 g/mol. The number of hydrogen-bond donors (Lipinski definition) is 1. The minimum atomic E-state index is -2.88. The van der Waals surface area contributed by atoms with Crippen molar-refractivity contribution in [1.29, 1.82) is 0 Å². The van der Waals surface area contributed by atoms with Crippen LogP contribution in [0.15, 0.2) is 12.1 Å². The van der Waals surface area contributed by atoms with Crippen molar-refractivity contribution in [2.75, 3.05) is 13.1 Å². The first kappa shape index (κ1) is 15.7. The second-order valence-electron chi connectivity index (χ2n) is 5.34. The zero-order valence-electron chi connectivity index (χ0n) is 12.1. The smallest absolute Gasteiger partial charge is 0.387 e. The third-order valence-corrected chi connectivity index (χ3v) is 3.67. The standard InChI is InChI=1S/C15H19F2NO3/c1-9-7-11(8-10(2)13(9)21-15(16)17)14(20)18-5-3-12(19)4-6-18/h7-8,12,15,19H,3-6H2,1-2H3. The van der Waals surface area contributed by atoms with Crippen LogP contribution < -0.4 is 4.74 Å². The van der Waals surface area contributed by atoms with Crippen LogP contribution in [-0.4, -0.2) is 41.7 Å². The Kier molecular flexibility index (Phi) is 4.77. The maximum atomic E-state index is 12.4. The molecule has 1 heterocycles. The van der Waals surface area contributed by atoms with Gasteiger partial charge in [0.1, 0.15) is 5.75 Å². The van der Waals surface area contributed by atoms with Gasteiger partial charge >= 0.3 is 6.61 Å². The van der Waals surface area contributed by atoms with Gasteiger partial charge in [-0.15, -0.1) is 0 Å². The molecule has 0 aromatic heterocycles. The van der Waals surface area contributed by atoms with E-state index < -0.39 is 6.61 Å². The average molecular weight is 299 g/mol. The number of amides is 1. The first-order valence-corrected chi connectivity index (χ1v) is 6.92. The van der Waals surface area contributed by atoms with Crippen LogP contribution in [0, 0.1) is 13.8 Å². The Morgan fingerprint density at radius 2 is 1.81 bits per heavy atom. The molecule has 0 spiro atoms. The van der Waals surface area contributed by atoms with E-state index in [2.05, 4.69) is 4.74 Å². The molecule has 6 heteroatoms. The molecule has 1 aromatic carbocycles. The molecule has 0 unspecified atom stereocenters. The predicted molar refractivity (Wildman–Crippen MR) is 73.7 cm³/mol. The predicted octanol–water partition coefficient (Wildman–Crippen LogP) is 2.50. The van der Waals surface area contributed by atoms with E-state index in [4.69, 9.17) is 0 Å². The third kappa shape index (κ3) is 3.69. The van der Waals surface area contributed by atoms with E-state index in [9.17, 15) is 18.7 Å². The Labute approximate surface area is 122 Å². The molecule has 0 saturated carbocycles. The summed E-state index contributed by atoms with van der Waals surface area (Å²) in [7, 11) is 0. The van der Waals surface area contributed by atoms with E-state index in [1.165, 1.54) is 0 Å². The number of benzene rings is 1. The lowest BCUT2D eigenvalue weighted by Gasteiger charge is -2.30. The number of likely N-dealkylation sites (tertiary alicyclic amines) is 1. The van der Waals surface area contributed by atoms with Gasteiger partial charge in [-0.05, 0) is 49.9 Å². The van der Waals surface area contributed by atoms with E-state index in [1.54, 1.807) is 30.9 Å². The van der Waals surface area contributed by atoms with Crippen LogP contribution >= 0.6 is 0 Å². The number of nitrogens with zero attached hydrogens (tertiary/aromatic N) is 1. The van der Waals surface area contributed by atoms with E-state index in [1.807, 2.05) is 0 Å². The van der Waals surface area contributed by atoms with Crippen molar-refractivity contribution in [3.63, 3.8) is 0 Å². The first-order chi connectivity index (χ1) is 9.88. The van der Waals surface area contributed by atoms with Crippen LogP contribution in [-0.2, 0) is 0 Å². The molecule has 0 bridgehead atoms. The maximum absolute atomic E-state index is 12.4. The van der Waals surface area contributed by atoms with Crippen molar-refractivity contribution in [3.05, 3.63) is 28.8 Å². The molecule has 1 fully saturated rings. The zero-order valence-corrected chi connectivity index (χ0v) is 12.1. The van der Waals surface area contributed by atoms with Crippen molar-refractivity contribution < 1.29 is 23.4 Å². The Hall–Kier alpha value is -1.69. The lowest BCUT2D eigenvalue weighted by atomic mass is 10.0. The summed E-state index contributed by atoms with van der Waals surface area (Å²) in [5.41, 5.74) is 1.48. The largest absolute Gasteiger partial charge is 0.434 e. The Morgan fingerprint density at radius 3 is 2.29 bits per heavy atom. The number of carbonyl (C=O) groups excluding carboxylic acids is 1. The number of alkyl halides is 2. The highest BCUT2D eigenvalue weighted by molar-refractivity contribution is 5.95. The van der Waals surface area contributed by atoms with E-state index >= 15 is 0 Å². The topological polar surface area (TPSA) is 49.8 Å². The first-order valence-electron chi connectivity index (χ1n) is 6.92. The summed E-state index contributed by atoms with van der Waals surface area (Å²) >= 11 is 0. The van der Waals surface area contributed by atoms with Gasteiger partial charge in [0.25, 0.3) is 5.91 Å². The van der Waals surface area contributed by atoms with Gasteiger partial charge in [0.15, 0.2) is 0 Å². The van der Waals surface area contributed by atoms with Gasteiger partial charge < -0.3 is 14.7 Å². The molecule has 0 atom stereocenters. The van der Waals surface area contributed by atoms with Gasteiger partial charge in [0.2, 0.25) is 0 Å². The molecule has 1 N–H and O–H groups in total. The Morgan fingerprint density at radius 1 is 1.29 bits per heavy atom. The van der Waals surface area contributed by atoms with Crippen LogP contribution in [0.4, 0.5) is 8.78 Å². The number of halogens is 2. The second kappa shape index (κ2) is 6.39. The molecule has 1 aliphatic rings. The van der Waals surface area contributed by atoms with Crippen molar-refractivity contribution in [2.24, 2.45) is 0 Å². The Bertz CT molecular complexity index is 503. The number of aliphatic hydroxyl groups excluding tert-OH is 1. The summed E-state index contributed by atoms with van der Waals surface area (Å²) < 4.78 is 29.2. The normalized spacial score (nSPS) is 16.4. The quantitative estimate of drug-likeness (QED) is 0.933. The van der Waals surface area contributed by atoms with Gasteiger partial charge in [-0.25, -0.2) is 0 Å². The van der Waals surface area contributed by atoms with Gasteiger partial charge in [0, 0.05) is 18.7 Å². The third-order valence-electron chi connectivity index (χ3n) is 3.67. The van der Waals surface area contributed by atoms with Crippen molar-refractivity contribution in [1.82, 2.24) is 4.90 Å². The van der Waals surface area contributed by atoms with E-state index in [0.29, 0.717) is 42.6 Å². The molecule has 2 rings (SSSR count). The summed E-state index contributed by atoms with van der Waals surface area (Å²) in [4.78, 5) is 14.1. The molecule has 116 valence electrons. The number of ether oxygens (including phenoxy) is 1. The summed E-state index contributed by atoms with van der Waals surface area (Å²) in [5, 5.41) is 9.46. The minimum Gasteiger partial charge on any atom is -0.434 e. The molecule has 21 heavy (non-hydrogen) atoms. The van der Waals surface area contributed by atoms with Gasteiger partial charge in [-0.1, -0.05) is 0 Å². The molecule has 0 aliphatic carbocycles. The highest BCUT2D eigenvalue weighted by Gasteiger charge is 2.23. The molecule has 1 saturated heterocycles. The number of carbonyl (C=O) groups is 1. The van der Waals surface area contributed by atoms with Gasteiger partial charge in [0.05, 0.1) is 6.10 Å².